The Morgan fingerprint density at radius 2 is 1.62 bits per heavy atom. The molecule has 2 unspecified atom stereocenters. The highest BCUT2D eigenvalue weighted by molar-refractivity contribution is 9.10. The molecule has 2 saturated heterocycles. The maximum atomic E-state index is 12.8. The Bertz CT molecular complexity index is 749. The van der Waals surface area contributed by atoms with E-state index in [1.807, 2.05) is 0 Å². The normalized spacial score (nSPS) is 27.8. The molecule has 11 heteroatoms. The minimum atomic E-state index is -1.18. The molecule has 2 N–H and O–H groups in total. The number of nitrogens with zero attached hydrogens (tertiary/aromatic N) is 4. The van der Waals surface area contributed by atoms with Crippen molar-refractivity contribution in [3.8, 4) is 0 Å². The number of aliphatic hydroxyl groups excluding tert-OH is 1. The summed E-state index contributed by atoms with van der Waals surface area (Å²) in [5.41, 5.74) is 8.81. The van der Waals surface area contributed by atoms with Crippen LogP contribution in [0.15, 0.2) is 5.11 Å². The van der Waals surface area contributed by atoms with Crippen LogP contribution in [-0.2, 0) is 14.3 Å². The first-order valence-corrected chi connectivity index (χ1v) is 14.9. The zero-order chi connectivity index (χ0) is 27.1. The maximum absolute atomic E-state index is 12.8. The lowest BCUT2D eigenvalue weighted by Crippen LogP contribution is -2.69. The standard InChI is InChI=1S/C26H46BrN5O5/c1-3-4-5-6-7-8-9-10-11-12-13-14-15-16-17-36-24-26(2,27)23(34)29-25(35)32(24)22-18-20(30-31-28)21(19-33)37-22/h20-22,24,33H,3-19H2,1-2H3,(H,29,34,35)/t20-,21+,22+,24?,26?/m1/s1. The summed E-state index contributed by atoms with van der Waals surface area (Å²) in [6.45, 7) is 3.96. The number of aliphatic hydroxyl groups is 1. The van der Waals surface area contributed by atoms with Crippen LogP contribution in [0.5, 0.6) is 0 Å². The van der Waals surface area contributed by atoms with Gasteiger partial charge in [-0.05, 0) is 18.9 Å². The van der Waals surface area contributed by atoms with E-state index in [9.17, 15) is 14.7 Å². The quantitative estimate of drug-likeness (QED) is 0.0600. The van der Waals surface area contributed by atoms with Crippen LogP contribution >= 0.6 is 15.9 Å². The smallest absolute Gasteiger partial charge is 0.328 e. The Labute approximate surface area is 230 Å². The van der Waals surface area contributed by atoms with Crippen molar-refractivity contribution in [1.82, 2.24) is 10.2 Å². The van der Waals surface area contributed by atoms with E-state index in [-0.39, 0.29) is 13.0 Å². The van der Waals surface area contributed by atoms with Crippen LogP contribution in [0.1, 0.15) is 110 Å². The minimum absolute atomic E-state index is 0.207. The number of ether oxygens (including phenoxy) is 2. The highest BCUT2D eigenvalue weighted by atomic mass is 79.9. The molecule has 10 nitrogen and oxygen atoms in total. The van der Waals surface area contributed by atoms with Crippen molar-refractivity contribution in [3.63, 3.8) is 0 Å². The van der Waals surface area contributed by atoms with Crippen LogP contribution in [0.25, 0.3) is 10.4 Å². The topological polar surface area (TPSA) is 137 Å². The van der Waals surface area contributed by atoms with Crippen LogP contribution in [0.4, 0.5) is 4.79 Å². The van der Waals surface area contributed by atoms with Gasteiger partial charge in [0.05, 0.1) is 18.8 Å². The number of hydrogen-bond acceptors (Lipinski definition) is 6. The van der Waals surface area contributed by atoms with Gasteiger partial charge in [0.1, 0.15) is 10.6 Å². The van der Waals surface area contributed by atoms with Crippen LogP contribution in [-0.4, -0.2) is 64.1 Å². The van der Waals surface area contributed by atoms with E-state index in [4.69, 9.17) is 15.0 Å². The van der Waals surface area contributed by atoms with E-state index >= 15 is 0 Å². The third kappa shape index (κ3) is 10.0. The molecule has 2 aliphatic rings. The number of urea groups is 1. The molecule has 2 heterocycles. The number of unbranched alkanes of at least 4 members (excludes halogenated alkanes) is 13. The van der Waals surface area contributed by atoms with E-state index in [2.05, 4.69) is 38.2 Å². The van der Waals surface area contributed by atoms with Gasteiger partial charge in [-0.1, -0.05) is 111 Å². The van der Waals surface area contributed by atoms with E-state index in [0.717, 1.165) is 19.3 Å². The predicted octanol–water partition coefficient (Wildman–Crippen LogP) is 6.30. The second-order valence-corrected chi connectivity index (χ2v) is 12.0. The van der Waals surface area contributed by atoms with Gasteiger partial charge in [0.15, 0.2) is 6.23 Å². The van der Waals surface area contributed by atoms with Crippen molar-refractivity contribution in [2.75, 3.05) is 13.2 Å². The molecular weight excluding hydrogens is 542 g/mol. The van der Waals surface area contributed by atoms with Crippen molar-refractivity contribution in [2.45, 2.75) is 139 Å². The summed E-state index contributed by atoms with van der Waals surface area (Å²) in [6, 6.07) is -1.24. The summed E-state index contributed by atoms with van der Waals surface area (Å²) >= 11 is 3.44. The first kappa shape index (κ1) is 31.8. The fraction of sp³-hybridized carbons (Fsp3) is 0.923. The number of carbonyl (C=O) groups excluding carboxylic acids is 2. The lowest BCUT2D eigenvalue weighted by atomic mass is 10.0. The molecular formula is C26H46BrN5O5. The van der Waals surface area contributed by atoms with Gasteiger partial charge in [-0.2, -0.15) is 0 Å². The van der Waals surface area contributed by atoms with Gasteiger partial charge in [0.2, 0.25) is 5.91 Å². The van der Waals surface area contributed by atoms with Gasteiger partial charge in [-0.15, -0.1) is 0 Å². The highest BCUT2D eigenvalue weighted by Gasteiger charge is 2.54. The van der Waals surface area contributed by atoms with Crippen molar-refractivity contribution < 1.29 is 24.2 Å². The number of azide groups is 1. The van der Waals surface area contributed by atoms with Gasteiger partial charge < -0.3 is 14.6 Å². The van der Waals surface area contributed by atoms with Crippen LogP contribution < -0.4 is 5.32 Å². The third-order valence-electron chi connectivity index (χ3n) is 7.28. The molecule has 2 rings (SSSR count). The van der Waals surface area contributed by atoms with E-state index in [1.54, 1.807) is 6.92 Å². The van der Waals surface area contributed by atoms with E-state index in [0.29, 0.717) is 6.61 Å². The Balaban J connectivity index is 1.71. The molecule has 212 valence electrons. The number of carbonyl (C=O) groups is 2. The number of alkyl halides is 1. The molecule has 2 fully saturated rings. The summed E-state index contributed by atoms with van der Waals surface area (Å²) in [6.07, 6.45) is 15.4. The zero-order valence-electron chi connectivity index (χ0n) is 22.6. The van der Waals surface area contributed by atoms with Crippen molar-refractivity contribution in [2.24, 2.45) is 5.11 Å². The van der Waals surface area contributed by atoms with Gasteiger partial charge in [0.25, 0.3) is 0 Å². The van der Waals surface area contributed by atoms with E-state index in [1.165, 1.54) is 75.5 Å². The molecule has 0 aliphatic carbocycles. The molecule has 0 spiro atoms. The van der Waals surface area contributed by atoms with Crippen molar-refractivity contribution in [3.05, 3.63) is 10.4 Å². The second kappa shape index (κ2) is 17.2. The fourth-order valence-electron chi connectivity index (χ4n) is 5.01. The lowest BCUT2D eigenvalue weighted by Gasteiger charge is -2.45. The molecule has 2 aliphatic heterocycles. The number of hydrogen-bond donors (Lipinski definition) is 2. The maximum Gasteiger partial charge on any atom is 0.328 e. The molecule has 0 aromatic carbocycles. The molecule has 5 atom stereocenters. The van der Waals surface area contributed by atoms with Crippen LogP contribution in [0.2, 0.25) is 0 Å². The Morgan fingerprint density at radius 3 is 2.14 bits per heavy atom. The number of halogens is 1. The number of amides is 3. The summed E-state index contributed by atoms with van der Waals surface area (Å²) in [4.78, 5) is 29.4. The molecule has 0 aromatic rings. The lowest BCUT2D eigenvalue weighted by molar-refractivity contribution is -0.159. The Kier molecular flexibility index (Phi) is 14.8. The summed E-state index contributed by atoms with van der Waals surface area (Å²) in [7, 11) is 0. The van der Waals surface area contributed by atoms with Gasteiger partial charge in [-0.3, -0.25) is 15.0 Å². The van der Waals surface area contributed by atoms with Crippen molar-refractivity contribution >= 4 is 27.9 Å². The minimum Gasteiger partial charge on any atom is -0.394 e. The average molecular weight is 589 g/mol. The first-order chi connectivity index (χ1) is 17.9. The monoisotopic (exact) mass is 587 g/mol. The Morgan fingerprint density at radius 1 is 1.08 bits per heavy atom. The number of rotatable bonds is 19. The molecule has 0 bridgehead atoms. The van der Waals surface area contributed by atoms with Gasteiger partial charge in [0, 0.05) is 17.9 Å². The average Bonchev–Trinajstić information content (AvgIpc) is 3.27. The summed E-state index contributed by atoms with van der Waals surface area (Å²) in [5, 5.41) is 15.6. The van der Waals surface area contributed by atoms with Crippen LogP contribution in [0.3, 0.4) is 0 Å². The SMILES string of the molecule is CCCCCCCCCCCCCCCCOC1N([C@@H]2C[C@@H](N=[N+]=[N-])[C@H](CO)O2)C(=O)NC(=O)C1(C)Br. The van der Waals surface area contributed by atoms with Crippen LogP contribution in [0, 0.1) is 0 Å². The second-order valence-electron chi connectivity index (χ2n) is 10.4. The predicted molar refractivity (Wildman–Crippen MR) is 146 cm³/mol. The number of nitrogens with one attached hydrogen (secondary N) is 1. The van der Waals surface area contributed by atoms with Gasteiger partial charge in [-0.25, -0.2) is 4.79 Å². The largest absolute Gasteiger partial charge is 0.394 e. The third-order valence-corrected chi connectivity index (χ3v) is 8.04. The number of imide groups is 1. The first-order valence-electron chi connectivity index (χ1n) is 14.1. The zero-order valence-corrected chi connectivity index (χ0v) is 24.2. The Hall–Kier alpha value is -1.39. The molecule has 0 aromatic heterocycles. The fourth-order valence-corrected chi connectivity index (χ4v) is 5.46. The molecule has 37 heavy (non-hydrogen) atoms. The summed E-state index contributed by atoms with van der Waals surface area (Å²) in [5.74, 6) is -0.483. The summed E-state index contributed by atoms with van der Waals surface area (Å²) < 4.78 is 10.7. The van der Waals surface area contributed by atoms with Gasteiger partial charge >= 0.3 is 6.03 Å². The molecule has 0 radical (unpaired) electrons. The molecule has 3 amide bonds. The molecule has 0 saturated carbocycles. The van der Waals surface area contributed by atoms with Crippen molar-refractivity contribution in [1.29, 1.82) is 0 Å². The van der Waals surface area contributed by atoms with E-state index < -0.39 is 40.9 Å². The highest BCUT2D eigenvalue weighted by Crippen LogP contribution is 2.36.